The summed E-state index contributed by atoms with van der Waals surface area (Å²) < 4.78 is 0. The molecule has 0 bridgehead atoms. The summed E-state index contributed by atoms with van der Waals surface area (Å²) in [7, 11) is 0. The molecular formula is C36H27N. The van der Waals surface area contributed by atoms with Crippen LogP contribution in [0.5, 0.6) is 0 Å². The van der Waals surface area contributed by atoms with Gasteiger partial charge < -0.3 is 0 Å². The molecule has 0 fully saturated rings. The minimum atomic E-state index is 0.508. The van der Waals surface area contributed by atoms with Crippen molar-refractivity contribution in [3.8, 4) is 33.4 Å². The summed E-state index contributed by atoms with van der Waals surface area (Å²) in [4.78, 5) is 4.30. The highest BCUT2D eigenvalue weighted by molar-refractivity contribution is 6.10. The molecule has 0 saturated heterocycles. The van der Waals surface area contributed by atoms with E-state index in [1.54, 1.807) is 0 Å². The number of benzene rings is 5. The van der Waals surface area contributed by atoms with E-state index in [1.807, 2.05) is 18.5 Å². The molecule has 176 valence electrons. The average molecular weight is 474 g/mol. The number of nitrogens with zero attached hydrogens (tertiary/aromatic N) is 1. The molecule has 0 spiro atoms. The second-order valence-electron chi connectivity index (χ2n) is 10.1. The van der Waals surface area contributed by atoms with Crippen LogP contribution in [0.25, 0.3) is 61.0 Å². The fourth-order valence-corrected chi connectivity index (χ4v) is 5.91. The highest BCUT2D eigenvalue weighted by Gasteiger charge is 2.23. The van der Waals surface area contributed by atoms with Crippen LogP contribution in [0.3, 0.4) is 0 Å². The maximum atomic E-state index is 4.30. The van der Waals surface area contributed by atoms with Crippen LogP contribution >= 0.6 is 0 Å². The summed E-state index contributed by atoms with van der Waals surface area (Å²) in [6.07, 6.45) is 9.52. The Balaban J connectivity index is 1.49. The zero-order valence-electron chi connectivity index (χ0n) is 20.9. The molecule has 1 heteroatoms. The van der Waals surface area contributed by atoms with E-state index in [0.717, 1.165) is 12.0 Å². The molecule has 0 N–H and O–H groups in total. The molecule has 6 aromatic rings. The smallest absolute Gasteiger partial charge is 0.0346 e. The molecule has 1 atom stereocenters. The van der Waals surface area contributed by atoms with Crippen molar-refractivity contribution in [1.82, 2.24) is 4.98 Å². The summed E-state index contributed by atoms with van der Waals surface area (Å²) in [5.74, 6) is 0.508. The van der Waals surface area contributed by atoms with Gasteiger partial charge in [-0.1, -0.05) is 110 Å². The first-order valence-corrected chi connectivity index (χ1v) is 13.0. The van der Waals surface area contributed by atoms with E-state index in [2.05, 4.69) is 121 Å². The van der Waals surface area contributed by atoms with Gasteiger partial charge in [0.15, 0.2) is 0 Å². The second kappa shape index (κ2) is 8.87. The maximum absolute atomic E-state index is 4.30. The zero-order valence-corrected chi connectivity index (χ0v) is 20.9. The fourth-order valence-electron chi connectivity index (χ4n) is 5.91. The fraction of sp³-hybridized carbons (Fsp3) is 0.0833. The highest BCUT2D eigenvalue weighted by Crippen LogP contribution is 2.45. The van der Waals surface area contributed by atoms with Gasteiger partial charge in [-0.05, 0) is 90.5 Å². The van der Waals surface area contributed by atoms with Gasteiger partial charge in [0.2, 0.25) is 0 Å². The Kier molecular flexibility index (Phi) is 5.22. The van der Waals surface area contributed by atoms with Crippen LogP contribution in [0.1, 0.15) is 18.1 Å². The molecule has 1 aromatic heterocycles. The van der Waals surface area contributed by atoms with Gasteiger partial charge in [-0.3, -0.25) is 4.98 Å². The molecule has 1 heterocycles. The monoisotopic (exact) mass is 473 g/mol. The molecule has 37 heavy (non-hydrogen) atoms. The third-order valence-corrected chi connectivity index (χ3v) is 7.69. The molecule has 5 aromatic carbocycles. The number of pyridine rings is 1. The lowest BCUT2D eigenvalue weighted by Crippen LogP contribution is -2.08. The Labute approximate surface area is 217 Å². The number of aromatic nitrogens is 1. The summed E-state index contributed by atoms with van der Waals surface area (Å²) >= 11 is 0. The van der Waals surface area contributed by atoms with Gasteiger partial charge in [-0.2, -0.15) is 0 Å². The largest absolute Gasteiger partial charge is 0.264 e. The van der Waals surface area contributed by atoms with E-state index < -0.39 is 0 Å². The highest BCUT2D eigenvalue weighted by atomic mass is 14.6. The van der Waals surface area contributed by atoms with Crippen molar-refractivity contribution in [3.63, 3.8) is 0 Å². The van der Waals surface area contributed by atoms with Crippen molar-refractivity contribution in [2.24, 2.45) is 5.92 Å². The van der Waals surface area contributed by atoms with E-state index in [1.165, 1.54) is 60.5 Å². The third kappa shape index (κ3) is 3.75. The Morgan fingerprint density at radius 1 is 0.622 bits per heavy atom. The van der Waals surface area contributed by atoms with Crippen molar-refractivity contribution >= 4 is 27.6 Å². The SMILES string of the molecule is CC1C=Cc2c(c(-c3ccc4ccccc4c3)c3ccccc3c2-c2ccc(-c3cccnc3)cc2)C1. The van der Waals surface area contributed by atoms with Crippen molar-refractivity contribution in [2.75, 3.05) is 0 Å². The summed E-state index contributed by atoms with van der Waals surface area (Å²) in [6, 6.07) is 37.6. The molecule has 1 unspecified atom stereocenters. The first kappa shape index (κ1) is 21.8. The average Bonchev–Trinajstić information content (AvgIpc) is 2.96. The van der Waals surface area contributed by atoms with Gasteiger partial charge >= 0.3 is 0 Å². The number of rotatable bonds is 3. The predicted molar refractivity (Wildman–Crippen MR) is 157 cm³/mol. The normalized spacial score (nSPS) is 14.7. The van der Waals surface area contributed by atoms with Crippen LogP contribution in [0.15, 0.2) is 122 Å². The lowest BCUT2D eigenvalue weighted by atomic mass is 9.78. The molecular weight excluding hydrogens is 446 g/mol. The van der Waals surface area contributed by atoms with Gasteiger partial charge in [0.1, 0.15) is 0 Å². The van der Waals surface area contributed by atoms with Gasteiger partial charge in [0.05, 0.1) is 0 Å². The minimum Gasteiger partial charge on any atom is -0.264 e. The zero-order chi connectivity index (χ0) is 24.8. The number of allylic oxidation sites excluding steroid dienone is 1. The molecule has 1 nitrogen and oxygen atoms in total. The van der Waals surface area contributed by atoms with Crippen LogP contribution in [-0.2, 0) is 6.42 Å². The van der Waals surface area contributed by atoms with Gasteiger partial charge in [-0.15, -0.1) is 0 Å². The van der Waals surface area contributed by atoms with E-state index >= 15 is 0 Å². The molecule has 1 aliphatic carbocycles. The number of hydrogen-bond donors (Lipinski definition) is 0. The van der Waals surface area contributed by atoms with Crippen LogP contribution in [0, 0.1) is 5.92 Å². The Morgan fingerprint density at radius 3 is 2.11 bits per heavy atom. The standard InChI is InChI=1S/C36H27N/c1-24-12-19-33-34(21-24)36(29-18-15-25-7-2-3-8-28(25)22-29)32-11-5-4-10-31(32)35(33)27-16-13-26(14-17-27)30-9-6-20-37-23-30/h2-20,22-24H,21H2,1H3. The molecule has 7 rings (SSSR count). The summed E-state index contributed by atoms with van der Waals surface area (Å²) in [6.45, 7) is 2.32. The maximum Gasteiger partial charge on any atom is 0.0346 e. The Morgan fingerprint density at radius 2 is 1.32 bits per heavy atom. The second-order valence-corrected chi connectivity index (χ2v) is 10.1. The van der Waals surface area contributed by atoms with Gasteiger partial charge in [0, 0.05) is 12.4 Å². The van der Waals surface area contributed by atoms with E-state index in [9.17, 15) is 0 Å². The van der Waals surface area contributed by atoms with Gasteiger partial charge in [-0.25, -0.2) is 0 Å². The molecule has 0 aliphatic heterocycles. The summed E-state index contributed by atoms with van der Waals surface area (Å²) in [5.41, 5.74) is 10.4. The molecule has 0 saturated carbocycles. The molecule has 0 amide bonds. The van der Waals surface area contributed by atoms with Crippen molar-refractivity contribution in [2.45, 2.75) is 13.3 Å². The lowest BCUT2D eigenvalue weighted by molar-refractivity contribution is 0.719. The first-order valence-electron chi connectivity index (χ1n) is 13.0. The van der Waals surface area contributed by atoms with Crippen LogP contribution in [-0.4, -0.2) is 4.98 Å². The van der Waals surface area contributed by atoms with Crippen LogP contribution in [0.2, 0.25) is 0 Å². The van der Waals surface area contributed by atoms with Crippen LogP contribution < -0.4 is 0 Å². The Hall–Kier alpha value is -4.49. The number of fused-ring (bicyclic) bond motifs is 3. The minimum absolute atomic E-state index is 0.508. The van der Waals surface area contributed by atoms with Crippen LogP contribution in [0.4, 0.5) is 0 Å². The van der Waals surface area contributed by atoms with Gasteiger partial charge in [0.25, 0.3) is 0 Å². The summed E-state index contributed by atoms with van der Waals surface area (Å²) in [5, 5.41) is 5.19. The molecule has 0 radical (unpaired) electrons. The third-order valence-electron chi connectivity index (χ3n) is 7.69. The number of hydrogen-bond acceptors (Lipinski definition) is 1. The van der Waals surface area contributed by atoms with Crippen molar-refractivity contribution in [1.29, 1.82) is 0 Å². The predicted octanol–water partition coefficient (Wildman–Crippen LogP) is 9.59. The van der Waals surface area contributed by atoms with E-state index in [4.69, 9.17) is 0 Å². The quantitative estimate of drug-likeness (QED) is 0.249. The first-order chi connectivity index (χ1) is 18.3. The topological polar surface area (TPSA) is 12.9 Å². The van der Waals surface area contributed by atoms with E-state index in [-0.39, 0.29) is 0 Å². The molecule has 1 aliphatic rings. The van der Waals surface area contributed by atoms with E-state index in [0.29, 0.717) is 5.92 Å². The lowest BCUT2D eigenvalue weighted by Gasteiger charge is -2.26. The van der Waals surface area contributed by atoms with Crippen molar-refractivity contribution in [3.05, 3.63) is 133 Å². The Bertz CT molecular complexity index is 1790. The van der Waals surface area contributed by atoms with Crippen molar-refractivity contribution < 1.29 is 0 Å².